The zero-order chi connectivity index (χ0) is 17.5. The van der Waals surface area contributed by atoms with Gasteiger partial charge in [0.15, 0.2) is 5.82 Å². The molecule has 1 saturated heterocycles. The number of aromatic nitrogens is 2. The number of hydrogen-bond acceptors (Lipinski definition) is 6. The Kier molecular flexibility index (Phi) is 7.13. The lowest BCUT2D eigenvalue weighted by molar-refractivity contribution is 0.122. The van der Waals surface area contributed by atoms with Crippen molar-refractivity contribution in [1.29, 1.82) is 0 Å². The van der Waals surface area contributed by atoms with Gasteiger partial charge in [0.2, 0.25) is 5.95 Å². The number of fused-ring (bicyclic) bond motifs is 1. The zero-order valence-corrected chi connectivity index (χ0v) is 16.5. The van der Waals surface area contributed by atoms with Crippen molar-refractivity contribution in [3.8, 4) is 0 Å². The summed E-state index contributed by atoms with van der Waals surface area (Å²) in [6.07, 6.45) is 4.67. The van der Waals surface area contributed by atoms with Crippen LogP contribution < -0.4 is 9.80 Å². The Morgan fingerprint density at radius 3 is 2.76 bits per heavy atom. The molecule has 0 amide bonds. The van der Waals surface area contributed by atoms with Crippen molar-refractivity contribution in [2.75, 3.05) is 55.1 Å². The first-order chi connectivity index (χ1) is 12.3. The Morgan fingerprint density at radius 1 is 1.20 bits per heavy atom. The van der Waals surface area contributed by atoms with Crippen molar-refractivity contribution in [3.05, 3.63) is 11.4 Å². The summed E-state index contributed by atoms with van der Waals surface area (Å²) in [4.78, 5) is 14.4. The van der Waals surface area contributed by atoms with Crippen LogP contribution >= 0.6 is 22.9 Å². The Labute approximate surface area is 159 Å². The molecule has 2 aromatic heterocycles. The lowest BCUT2D eigenvalue weighted by atomic mass is 10.2. The molecule has 5 nitrogen and oxygen atoms in total. The average Bonchev–Trinajstić information content (AvgIpc) is 3.13. The Hall–Kier alpha value is -1.11. The molecule has 0 aliphatic carbocycles. The average molecular weight is 383 g/mol. The van der Waals surface area contributed by atoms with Crippen LogP contribution in [-0.2, 0) is 4.74 Å². The molecule has 0 N–H and O–H groups in total. The van der Waals surface area contributed by atoms with Gasteiger partial charge in [0.25, 0.3) is 0 Å². The van der Waals surface area contributed by atoms with Gasteiger partial charge in [0, 0.05) is 32.1 Å². The fraction of sp³-hybridized carbons (Fsp3) is 0.667. The smallest absolute Gasteiger partial charge is 0.227 e. The largest absolute Gasteiger partial charge is 0.378 e. The van der Waals surface area contributed by atoms with E-state index in [0.717, 1.165) is 75.4 Å². The van der Waals surface area contributed by atoms with Gasteiger partial charge < -0.3 is 14.5 Å². The number of morpholine rings is 1. The second kappa shape index (κ2) is 9.55. The minimum atomic E-state index is 0.762. The summed E-state index contributed by atoms with van der Waals surface area (Å²) in [6, 6.07) is 2.10. The standard InChI is InChI=1S/C18H27ClN4OS/c1-2-22(9-6-4-3-5-8-19)18-20-15-7-14-25-16(15)17(21-18)23-10-12-24-13-11-23/h7,14H,2-6,8-13H2,1H3. The topological polar surface area (TPSA) is 41.5 Å². The number of unbranched alkanes of at least 4 members (excludes halogenated alkanes) is 3. The molecule has 25 heavy (non-hydrogen) atoms. The molecule has 0 atom stereocenters. The van der Waals surface area contributed by atoms with Gasteiger partial charge in [-0.2, -0.15) is 4.98 Å². The molecule has 1 aliphatic heterocycles. The van der Waals surface area contributed by atoms with E-state index < -0.39 is 0 Å². The van der Waals surface area contributed by atoms with Gasteiger partial charge in [-0.05, 0) is 31.2 Å². The maximum Gasteiger partial charge on any atom is 0.227 e. The van der Waals surface area contributed by atoms with Crippen LogP contribution in [0.5, 0.6) is 0 Å². The minimum absolute atomic E-state index is 0.762. The number of halogens is 1. The molecule has 0 bridgehead atoms. The van der Waals surface area contributed by atoms with Gasteiger partial charge in [0.05, 0.1) is 23.4 Å². The highest BCUT2D eigenvalue weighted by molar-refractivity contribution is 7.17. The first kappa shape index (κ1) is 18.7. The van der Waals surface area contributed by atoms with E-state index in [1.165, 1.54) is 17.5 Å². The van der Waals surface area contributed by atoms with E-state index in [1.54, 1.807) is 11.3 Å². The minimum Gasteiger partial charge on any atom is -0.378 e. The molecule has 0 radical (unpaired) electrons. The first-order valence-electron chi connectivity index (χ1n) is 9.22. The third-order valence-corrected chi connectivity index (χ3v) is 5.73. The Bertz CT molecular complexity index is 660. The summed E-state index contributed by atoms with van der Waals surface area (Å²) < 4.78 is 6.68. The predicted octanol–water partition coefficient (Wildman–Crippen LogP) is 4.15. The van der Waals surface area contributed by atoms with E-state index in [4.69, 9.17) is 26.3 Å². The van der Waals surface area contributed by atoms with E-state index >= 15 is 0 Å². The normalized spacial score (nSPS) is 15.0. The maximum atomic E-state index is 5.76. The van der Waals surface area contributed by atoms with Crippen LogP contribution in [0.4, 0.5) is 11.8 Å². The van der Waals surface area contributed by atoms with Gasteiger partial charge in [-0.3, -0.25) is 0 Å². The van der Waals surface area contributed by atoms with E-state index in [9.17, 15) is 0 Å². The van der Waals surface area contributed by atoms with Crippen molar-refractivity contribution < 1.29 is 4.74 Å². The number of anilines is 2. The quantitative estimate of drug-likeness (QED) is 0.481. The van der Waals surface area contributed by atoms with Gasteiger partial charge in [-0.15, -0.1) is 22.9 Å². The molecule has 0 unspecified atom stereocenters. The van der Waals surface area contributed by atoms with Gasteiger partial charge in [-0.25, -0.2) is 4.98 Å². The summed E-state index contributed by atoms with van der Waals surface area (Å²) in [5.74, 6) is 2.68. The Balaban J connectivity index is 1.77. The SMILES string of the molecule is CCN(CCCCCCCl)c1nc(N2CCOCC2)c2sccc2n1. The molecule has 1 aliphatic rings. The summed E-state index contributed by atoms with van der Waals surface area (Å²) in [5.41, 5.74) is 1.05. The van der Waals surface area contributed by atoms with E-state index in [1.807, 2.05) is 0 Å². The molecule has 7 heteroatoms. The van der Waals surface area contributed by atoms with Crippen molar-refractivity contribution in [1.82, 2.24) is 9.97 Å². The van der Waals surface area contributed by atoms with Crippen LogP contribution in [0.2, 0.25) is 0 Å². The lowest BCUT2D eigenvalue weighted by Gasteiger charge is -2.29. The van der Waals surface area contributed by atoms with Crippen LogP contribution in [0.25, 0.3) is 10.2 Å². The second-order valence-electron chi connectivity index (χ2n) is 6.26. The molecule has 3 rings (SSSR count). The lowest BCUT2D eigenvalue weighted by Crippen LogP contribution is -2.37. The van der Waals surface area contributed by atoms with E-state index in [2.05, 4.69) is 28.2 Å². The van der Waals surface area contributed by atoms with Crippen molar-refractivity contribution >= 4 is 44.9 Å². The highest BCUT2D eigenvalue weighted by atomic mass is 35.5. The fourth-order valence-corrected chi connectivity index (χ4v) is 4.15. The van der Waals surface area contributed by atoms with E-state index in [-0.39, 0.29) is 0 Å². The second-order valence-corrected chi connectivity index (χ2v) is 7.56. The van der Waals surface area contributed by atoms with Crippen molar-refractivity contribution in [2.24, 2.45) is 0 Å². The molecule has 0 saturated carbocycles. The number of thiophene rings is 1. The van der Waals surface area contributed by atoms with Gasteiger partial charge >= 0.3 is 0 Å². The van der Waals surface area contributed by atoms with Crippen LogP contribution in [0.15, 0.2) is 11.4 Å². The third kappa shape index (κ3) is 4.74. The van der Waals surface area contributed by atoms with Crippen molar-refractivity contribution in [2.45, 2.75) is 32.6 Å². The Morgan fingerprint density at radius 2 is 2.00 bits per heavy atom. The first-order valence-corrected chi connectivity index (χ1v) is 10.6. The molecule has 138 valence electrons. The van der Waals surface area contributed by atoms with Gasteiger partial charge in [0.1, 0.15) is 0 Å². The predicted molar refractivity (Wildman–Crippen MR) is 108 cm³/mol. The van der Waals surface area contributed by atoms with Crippen LogP contribution in [0, 0.1) is 0 Å². The summed E-state index contributed by atoms with van der Waals surface area (Å²) >= 11 is 7.48. The number of hydrogen-bond donors (Lipinski definition) is 0. The number of nitrogens with zero attached hydrogens (tertiary/aromatic N) is 4. The van der Waals surface area contributed by atoms with E-state index in [0.29, 0.717) is 0 Å². The molecular weight excluding hydrogens is 356 g/mol. The molecule has 2 aromatic rings. The molecule has 0 aromatic carbocycles. The maximum absolute atomic E-state index is 5.76. The van der Waals surface area contributed by atoms with Crippen LogP contribution in [0.1, 0.15) is 32.6 Å². The summed E-state index contributed by atoms with van der Waals surface area (Å²) in [6.45, 7) is 7.43. The van der Waals surface area contributed by atoms with Gasteiger partial charge in [-0.1, -0.05) is 12.8 Å². The molecular formula is C18H27ClN4OS. The number of rotatable bonds is 9. The van der Waals surface area contributed by atoms with Crippen molar-refractivity contribution in [3.63, 3.8) is 0 Å². The van der Waals surface area contributed by atoms with Crippen LogP contribution in [0.3, 0.4) is 0 Å². The number of alkyl halides is 1. The molecule has 3 heterocycles. The highest BCUT2D eigenvalue weighted by Crippen LogP contribution is 2.31. The molecule has 0 spiro atoms. The molecule has 1 fully saturated rings. The fourth-order valence-electron chi connectivity index (χ4n) is 3.12. The third-order valence-electron chi connectivity index (χ3n) is 4.56. The zero-order valence-electron chi connectivity index (χ0n) is 14.9. The summed E-state index contributed by atoms with van der Waals surface area (Å²) in [7, 11) is 0. The van der Waals surface area contributed by atoms with Crippen LogP contribution in [-0.4, -0.2) is 55.2 Å². The monoisotopic (exact) mass is 382 g/mol. The highest BCUT2D eigenvalue weighted by Gasteiger charge is 2.20. The number of ether oxygens (including phenoxy) is 1. The summed E-state index contributed by atoms with van der Waals surface area (Å²) in [5, 5.41) is 2.11.